The van der Waals surface area contributed by atoms with Crippen molar-refractivity contribution in [2.45, 2.75) is 6.92 Å². The number of rotatable bonds is 2. The van der Waals surface area contributed by atoms with Gasteiger partial charge in [0.05, 0.1) is 5.56 Å². The lowest BCUT2D eigenvalue weighted by Gasteiger charge is -2.08. The molecule has 0 aliphatic carbocycles. The van der Waals surface area contributed by atoms with E-state index in [1.54, 1.807) is 19.1 Å². The number of hydrogen-bond donors (Lipinski definition) is 1. The van der Waals surface area contributed by atoms with E-state index in [9.17, 15) is 9.18 Å². The van der Waals surface area contributed by atoms with Gasteiger partial charge >= 0.3 is 0 Å². The smallest absolute Gasteiger partial charge is 0.258 e. The number of hydrogen-bond acceptors (Lipinski definition) is 1. The van der Waals surface area contributed by atoms with Crippen LogP contribution in [-0.4, -0.2) is 5.91 Å². The molecule has 0 aliphatic rings. The fourth-order valence-corrected chi connectivity index (χ4v) is 2.29. The maximum atomic E-state index is 13.9. The van der Waals surface area contributed by atoms with Crippen molar-refractivity contribution in [2.24, 2.45) is 0 Å². The lowest BCUT2D eigenvalue weighted by molar-refractivity contribution is 0.102. The zero-order chi connectivity index (χ0) is 14.8. The van der Waals surface area contributed by atoms with Crippen LogP contribution in [0.3, 0.4) is 0 Å². The Labute approximate surface area is 122 Å². The summed E-state index contributed by atoms with van der Waals surface area (Å²) in [5.74, 6) is -0.915. The van der Waals surface area contributed by atoms with Gasteiger partial charge in [0.15, 0.2) is 0 Å². The molecule has 0 fully saturated rings. The summed E-state index contributed by atoms with van der Waals surface area (Å²) >= 11 is 0. The van der Waals surface area contributed by atoms with Crippen molar-refractivity contribution in [3.05, 3.63) is 77.6 Å². The molecule has 0 bridgehead atoms. The van der Waals surface area contributed by atoms with E-state index in [2.05, 4.69) is 5.32 Å². The third kappa shape index (κ3) is 2.63. The Morgan fingerprint density at radius 2 is 1.71 bits per heavy atom. The predicted octanol–water partition coefficient (Wildman–Crippen LogP) is 4.54. The Morgan fingerprint density at radius 3 is 2.52 bits per heavy atom. The number of fused-ring (bicyclic) bond motifs is 1. The normalized spacial score (nSPS) is 10.6. The fourth-order valence-electron chi connectivity index (χ4n) is 2.29. The second-order valence-electron chi connectivity index (χ2n) is 4.95. The van der Waals surface area contributed by atoms with Crippen molar-refractivity contribution in [3.63, 3.8) is 0 Å². The first-order valence-corrected chi connectivity index (χ1v) is 6.70. The number of amides is 1. The van der Waals surface area contributed by atoms with E-state index in [1.165, 1.54) is 6.07 Å². The van der Waals surface area contributed by atoms with Crippen molar-refractivity contribution in [1.29, 1.82) is 0 Å². The number of halogens is 1. The van der Waals surface area contributed by atoms with Crippen LogP contribution in [0.4, 0.5) is 10.1 Å². The SMILES string of the molecule is Cc1cccc(C(=O)Nc2ccc3ccccc3c2)c1F. The van der Waals surface area contributed by atoms with Gasteiger partial charge in [-0.2, -0.15) is 0 Å². The first kappa shape index (κ1) is 13.3. The lowest BCUT2D eigenvalue weighted by Crippen LogP contribution is -2.14. The van der Waals surface area contributed by atoms with Gasteiger partial charge in [0.25, 0.3) is 5.91 Å². The molecule has 1 amide bonds. The molecule has 0 aromatic heterocycles. The molecular weight excluding hydrogens is 265 g/mol. The summed E-state index contributed by atoms with van der Waals surface area (Å²) in [5, 5.41) is 4.86. The van der Waals surface area contributed by atoms with E-state index < -0.39 is 11.7 Å². The molecule has 0 saturated heterocycles. The summed E-state index contributed by atoms with van der Waals surface area (Å²) < 4.78 is 13.9. The molecule has 21 heavy (non-hydrogen) atoms. The molecule has 3 aromatic rings. The molecule has 0 saturated carbocycles. The summed E-state index contributed by atoms with van der Waals surface area (Å²) in [6, 6.07) is 18.3. The van der Waals surface area contributed by atoms with Gasteiger partial charge in [0.1, 0.15) is 5.82 Å². The average Bonchev–Trinajstić information content (AvgIpc) is 2.50. The van der Waals surface area contributed by atoms with Gasteiger partial charge in [0, 0.05) is 5.69 Å². The third-order valence-corrected chi connectivity index (χ3v) is 3.44. The summed E-state index contributed by atoms with van der Waals surface area (Å²) in [5.41, 5.74) is 1.17. The monoisotopic (exact) mass is 279 g/mol. The van der Waals surface area contributed by atoms with E-state index in [0.717, 1.165) is 10.8 Å². The molecule has 0 atom stereocenters. The predicted molar refractivity (Wildman–Crippen MR) is 83.0 cm³/mol. The summed E-state index contributed by atoms with van der Waals surface area (Å²) in [7, 11) is 0. The van der Waals surface area contributed by atoms with E-state index in [1.807, 2.05) is 42.5 Å². The minimum Gasteiger partial charge on any atom is -0.322 e. The van der Waals surface area contributed by atoms with Crippen LogP contribution in [0.5, 0.6) is 0 Å². The van der Waals surface area contributed by atoms with Crippen LogP contribution < -0.4 is 5.32 Å². The van der Waals surface area contributed by atoms with Gasteiger partial charge in [-0.1, -0.05) is 42.5 Å². The second kappa shape index (κ2) is 5.37. The zero-order valence-electron chi connectivity index (χ0n) is 11.6. The Kier molecular flexibility index (Phi) is 3.40. The summed E-state index contributed by atoms with van der Waals surface area (Å²) in [4.78, 5) is 12.2. The summed E-state index contributed by atoms with van der Waals surface area (Å²) in [6.07, 6.45) is 0. The van der Waals surface area contributed by atoms with E-state index in [0.29, 0.717) is 11.3 Å². The Bertz CT molecular complexity index is 826. The Morgan fingerprint density at radius 1 is 0.952 bits per heavy atom. The molecule has 3 aromatic carbocycles. The van der Waals surface area contributed by atoms with Crippen molar-refractivity contribution in [2.75, 3.05) is 5.32 Å². The fraction of sp³-hybridized carbons (Fsp3) is 0.0556. The van der Waals surface area contributed by atoms with Crippen molar-refractivity contribution >= 4 is 22.4 Å². The van der Waals surface area contributed by atoms with Crippen LogP contribution in [0.1, 0.15) is 15.9 Å². The quantitative estimate of drug-likeness (QED) is 0.733. The highest BCUT2D eigenvalue weighted by Gasteiger charge is 2.13. The van der Waals surface area contributed by atoms with Gasteiger partial charge in [-0.15, -0.1) is 0 Å². The molecule has 0 unspecified atom stereocenters. The molecular formula is C18H14FNO. The third-order valence-electron chi connectivity index (χ3n) is 3.44. The molecule has 2 nitrogen and oxygen atoms in total. The highest BCUT2D eigenvalue weighted by Crippen LogP contribution is 2.20. The molecule has 3 heteroatoms. The highest BCUT2D eigenvalue weighted by atomic mass is 19.1. The number of anilines is 1. The molecule has 1 N–H and O–H groups in total. The van der Waals surface area contributed by atoms with Gasteiger partial charge in [0.2, 0.25) is 0 Å². The van der Waals surface area contributed by atoms with Crippen LogP contribution >= 0.6 is 0 Å². The maximum absolute atomic E-state index is 13.9. The largest absolute Gasteiger partial charge is 0.322 e. The molecule has 3 rings (SSSR count). The zero-order valence-corrected chi connectivity index (χ0v) is 11.6. The number of nitrogens with one attached hydrogen (secondary N) is 1. The average molecular weight is 279 g/mol. The Hall–Kier alpha value is -2.68. The van der Waals surface area contributed by atoms with Crippen LogP contribution in [0, 0.1) is 12.7 Å². The van der Waals surface area contributed by atoms with Crippen LogP contribution in [0.25, 0.3) is 10.8 Å². The minimum atomic E-state index is -0.476. The Balaban J connectivity index is 1.91. The first-order chi connectivity index (χ1) is 10.1. The van der Waals surface area contributed by atoms with E-state index >= 15 is 0 Å². The minimum absolute atomic E-state index is 0.0585. The number of carbonyl (C=O) groups is 1. The topological polar surface area (TPSA) is 29.1 Å². The number of carbonyl (C=O) groups excluding carboxylic acids is 1. The second-order valence-corrected chi connectivity index (χ2v) is 4.95. The molecule has 104 valence electrons. The van der Waals surface area contributed by atoms with Crippen molar-refractivity contribution in [3.8, 4) is 0 Å². The highest BCUT2D eigenvalue weighted by molar-refractivity contribution is 6.05. The number of benzene rings is 3. The van der Waals surface area contributed by atoms with Crippen LogP contribution in [0.15, 0.2) is 60.7 Å². The standard InChI is InChI=1S/C18H14FNO/c1-12-5-4-8-16(17(12)19)18(21)20-15-10-9-13-6-2-3-7-14(13)11-15/h2-11H,1H3,(H,20,21). The van der Waals surface area contributed by atoms with Gasteiger partial charge < -0.3 is 5.32 Å². The lowest BCUT2D eigenvalue weighted by atomic mass is 10.1. The molecule has 0 radical (unpaired) electrons. The van der Waals surface area contributed by atoms with Gasteiger partial charge in [-0.25, -0.2) is 4.39 Å². The molecule has 0 heterocycles. The summed E-state index contributed by atoms with van der Waals surface area (Å²) in [6.45, 7) is 1.64. The van der Waals surface area contributed by atoms with E-state index in [4.69, 9.17) is 0 Å². The van der Waals surface area contributed by atoms with Crippen LogP contribution in [0.2, 0.25) is 0 Å². The maximum Gasteiger partial charge on any atom is 0.258 e. The van der Waals surface area contributed by atoms with Gasteiger partial charge in [-0.3, -0.25) is 4.79 Å². The number of aryl methyl sites for hydroxylation is 1. The van der Waals surface area contributed by atoms with Crippen molar-refractivity contribution < 1.29 is 9.18 Å². The van der Waals surface area contributed by atoms with Gasteiger partial charge in [-0.05, 0) is 41.5 Å². The van der Waals surface area contributed by atoms with Crippen molar-refractivity contribution in [1.82, 2.24) is 0 Å². The molecule has 0 aliphatic heterocycles. The first-order valence-electron chi connectivity index (χ1n) is 6.70. The molecule has 0 spiro atoms. The van der Waals surface area contributed by atoms with E-state index in [-0.39, 0.29) is 5.56 Å². The van der Waals surface area contributed by atoms with Crippen LogP contribution in [-0.2, 0) is 0 Å².